The van der Waals surface area contributed by atoms with Crippen LogP contribution in [0, 0.1) is 19.9 Å². The fourth-order valence-electron chi connectivity index (χ4n) is 1.58. The van der Waals surface area contributed by atoms with Crippen molar-refractivity contribution in [2.75, 3.05) is 0 Å². The van der Waals surface area contributed by atoms with E-state index in [-0.39, 0.29) is 0 Å². The van der Waals surface area contributed by atoms with Crippen LogP contribution in [0.15, 0.2) is 24.3 Å². The Labute approximate surface area is 84.0 Å². The highest BCUT2D eigenvalue weighted by molar-refractivity contribution is 5.30. The van der Waals surface area contributed by atoms with Crippen LogP contribution in [0.5, 0.6) is 0 Å². The van der Waals surface area contributed by atoms with Gasteiger partial charge in [-0.3, -0.25) is 5.10 Å². The van der Waals surface area contributed by atoms with Crippen molar-refractivity contribution < 1.29 is 0 Å². The van der Waals surface area contributed by atoms with Crippen molar-refractivity contribution in [3.63, 3.8) is 0 Å². The van der Waals surface area contributed by atoms with E-state index in [9.17, 15) is 0 Å². The summed E-state index contributed by atoms with van der Waals surface area (Å²) in [4.78, 5) is 0. The third-order valence-corrected chi connectivity index (χ3v) is 2.45. The van der Waals surface area contributed by atoms with Crippen molar-refractivity contribution >= 4 is 0 Å². The first-order chi connectivity index (χ1) is 6.77. The van der Waals surface area contributed by atoms with E-state index in [4.69, 9.17) is 0 Å². The van der Waals surface area contributed by atoms with Crippen LogP contribution < -0.4 is 0 Å². The van der Waals surface area contributed by atoms with E-state index in [1.165, 1.54) is 11.1 Å². The highest BCUT2D eigenvalue weighted by Gasteiger charge is 2.06. The number of benzene rings is 1. The summed E-state index contributed by atoms with van der Waals surface area (Å²) < 4.78 is 0. The van der Waals surface area contributed by atoms with Crippen LogP contribution in [-0.4, -0.2) is 10.2 Å². The first-order valence-electron chi connectivity index (χ1n) is 4.73. The van der Waals surface area contributed by atoms with Gasteiger partial charge in [0.05, 0.1) is 5.69 Å². The van der Waals surface area contributed by atoms with E-state index in [0.717, 1.165) is 17.8 Å². The van der Waals surface area contributed by atoms with Gasteiger partial charge in [0, 0.05) is 17.7 Å². The van der Waals surface area contributed by atoms with Gasteiger partial charge in [-0.05, 0) is 25.5 Å². The summed E-state index contributed by atoms with van der Waals surface area (Å²) in [5, 5.41) is 7.18. The molecule has 1 heterocycles. The van der Waals surface area contributed by atoms with E-state index >= 15 is 0 Å². The number of hydrogen-bond donors (Lipinski definition) is 1. The molecule has 1 aromatic carbocycles. The van der Waals surface area contributed by atoms with Gasteiger partial charge in [0.15, 0.2) is 0 Å². The second-order valence-electron chi connectivity index (χ2n) is 3.50. The summed E-state index contributed by atoms with van der Waals surface area (Å²) >= 11 is 0. The Kier molecular flexibility index (Phi) is 2.35. The Balaban J connectivity index is 2.27. The molecule has 1 radical (unpaired) electrons. The van der Waals surface area contributed by atoms with Gasteiger partial charge in [0.2, 0.25) is 0 Å². The zero-order valence-corrected chi connectivity index (χ0v) is 8.46. The van der Waals surface area contributed by atoms with Crippen LogP contribution in [-0.2, 0) is 6.42 Å². The maximum Gasteiger partial charge on any atom is 0.0629 e. The summed E-state index contributed by atoms with van der Waals surface area (Å²) in [5.74, 6) is 0. The van der Waals surface area contributed by atoms with Crippen LogP contribution in [0.1, 0.15) is 22.5 Å². The van der Waals surface area contributed by atoms with Crippen LogP contribution in [0.2, 0.25) is 0 Å². The number of rotatable bonds is 2. The second-order valence-corrected chi connectivity index (χ2v) is 3.50. The normalized spacial score (nSPS) is 10.4. The summed E-state index contributed by atoms with van der Waals surface area (Å²) in [6.07, 6.45) is 0.947. The highest BCUT2D eigenvalue weighted by Crippen LogP contribution is 2.14. The molecule has 71 valence electrons. The summed E-state index contributed by atoms with van der Waals surface area (Å²) in [6, 6.07) is 11.1. The predicted octanol–water partition coefficient (Wildman–Crippen LogP) is 2.42. The van der Waals surface area contributed by atoms with Crippen LogP contribution in [0.4, 0.5) is 0 Å². The summed E-state index contributed by atoms with van der Waals surface area (Å²) in [6.45, 7) is 4.10. The monoisotopic (exact) mass is 185 g/mol. The lowest BCUT2D eigenvalue weighted by atomic mass is 10.0. The first-order valence-corrected chi connectivity index (χ1v) is 4.73. The third-order valence-electron chi connectivity index (χ3n) is 2.45. The van der Waals surface area contributed by atoms with Crippen molar-refractivity contribution in [2.24, 2.45) is 0 Å². The smallest absolute Gasteiger partial charge is 0.0629 e. The highest BCUT2D eigenvalue weighted by atomic mass is 15.1. The van der Waals surface area contributed by atoms with E-state index in [1.807, 2.05) is 19.1 Å². The minimum absolute atomic E-state index is 0.947. The van der Waals surface area contributed by atoms with E-state index in [0.29, 0.717) is 0 Å². The molecule has 14 heavy (non-hydrogen) atoms. The third kappa shape index (κ3) is 1.69. The average molecular weight is 185 g/mol. The van der Waals surface area contributed by atoms with Crippen molar-refractivity contribution in [1.82, 2.24) is 10.2 Å². The molecule has 0 fully saturated rings. The maximum atomic E-state index is 4.18. The largest absolute Gasteiger partial charge is 0.282 e. The zero-order chi connectivity index (χ0) is 9.97. The molecule has 0 bridgehead atoms. The van der Waals surface area contributed by atoms with Gasteiger partial charge < -0.3 is 0 Å². The molecule has 1 aromatic heterocycles. The van der Waals surface area contributed by atoms with Gasteiger partial charge in [-0.15, -0.1) is 0 Å². The van der Waals surface area contributed by atoms with Gasteiger partial charge in [-0.25, -0.2) is 0 Å². The quantitative estimate of drug-likeness (QED) is 0.764. The molecule has 0 amide bonds. The fraction of sp³-hybridized carbons (Fsp3) is 0.250. The Morgan fingerprint density at radius 1 is 1.29 bits per heavy atom. The van der Waals surface area contributed by atoms with E-state index in [2.05, 4.69) is 35.3 Å². The Hall–Kier alpha value is -1.57. The molecule has 0 unspecified atom stereocenters. The molecule has 0 saturated carbocycles. The molecule has 0 aliphatic rings. The average Bonchev–Trinajstić information content (AvgIpc) is 2.51. The molecule has 2 rings (SSSR count). The second kappa shape index (κ2) is 3.66. The van der Waals surface area contributed by atoms with Crippen LogP contribution in [0.25, 0.3) is 0 Å². The number of nitrogens with one attached hydrogen (secondary N) is 1. The molecule has 0 aliphatic heterocycles. The first kappa shape index (κ1) is 9.00. The van der Waals surface area contributed by atoms with Gasteiger partial charge in [-0.1, -0.05) is 24.3 Å². The Morgan fingerprint density at radius 2 is 2.00 bits per heavy atom. The topological polar surface area (TPSA) is 28.7 Å². The van der Waals surface area contributed by atoms with Gasteiger partial charge in [0.1, 0.15) is 0 Å². The number of hydrogen-bond acceptors (Lipinski definition) is 1. The zero-order valence-electron chi connectivity index (χ0n) is 8.46. The van der Waals surface area contributed by atoms with Crippen molar-refractivity contribution in [2.45, 2.75) is 20.3 Å². The standard InChI is InChI=1S/C12H13N2/c1-9-12(10(2)14-13-9)8-11-6-4-3-5-7-11/h4-7H,8H2,1-2H3,(H,13,14). The molecule has 0 saturated heterocycles. The van der Waals surface area contributed by atoms with Gasteiger partial charge in [0.25, 0.3) is 0 Å². The number of aromatic nitrogens is 2. The SMILES string of the molecule is Cc1n[nH]c(C)c1Cc1cc[c]cc1. The van der Waals surface area contributed by atoms with E-state index in [1.54, 1.807) is 0 Å². The van der Waals surface area contributed by atoms with Crippen molar-refractivity contribution in [3.05, 3.63) is 52.8 Å². The van der Waals surface area contributed by atoms with E-state index < -0.39 is 0 Å². The molecule has 0 atom stereocenters. The fourth-order valence-corrected chi connectivity index (χ4v) is 1.58. The number of H-pyrrole nitrogens is 1. The minimum Gasteiger partial charge on any atom is -0.282 e. The van der Waals surface area contributed by atoms with Crippen LogP contribution >= 0.6 is 0 Å². The van der Waals surface area contributed by atoms with Crippen molar-refractivity contribution in [1.29, 1.82) is 0 Å². The summed E-state index contributed by atoms with van der Waals surface area (Å²) in [7, 11) is 0. The lowest BCUT2D eigenvalue weighted by Gasteiger charge is -2.00. The maximum absolute atomic E-state index is 4.18. The molecule has 2 aromatic rings. The molecular weight excluding hydrogens is 172 g/mol. The van der Waals surface area contributed by atoms with Gasteiger partial charge >= 0.3 is 0 Å². The lowest BCUT2D eigenvalue weighted by Crippen LogP contribution is -1.90. The summed E-state index contributed by atoms with van der Waals surface area (Å²) in [5.41, 5.74) is 4.86. The molecule has 0 spiro atoms. The molecule has 2 heteroatoms. The predicted molar refractivity (Wildman–Crippen MR) is 56.1 cm³/mol. The molecule has 1 N–H and O–H groups in total. The number of aryl methyl sites for hydroxylation is 2. The lowest BCUT2D eigenvalue weighted by molar-refractivity contribution is 1.02. The molecule has 2 nitrogen and oxygen atoms in total. The van der Waals surface area contributed by atoms with Crippen LogP contribution in [0.3, 0.4) is 0 Å². The van der Waals surface area contributed by atoms with Gasteiger partial charge in [-0.2, -0.15) is 5.10 Å². The molecular formula is C12H13N2. The number of aromatic amines is 1. The molecule has 0 aliphatic carbocycles. The Morgan fingerprint density at radius 3 is 2.57 bits per heavy atom. The van der Waals surface area contributed by atoms with Crippen molar-refractivity contribution in [3.8, 4) is 0 Å². The Bertz CT molecular complexity index is 396. The number of nitrogens with zero attached hydrogens (tertiary/aromatic N) is 1. The minimum atomic E-state index is 0.947.